The predicted octanol–water partition coefficient (Wildman–Crippen LogP) is 9.58. The van der Waals surface area contributed by atoms with Gasteiger partial charge in [0.1, 0.15) is 0 Å². The maximum absolute atomic E-state index is 13.0. The molecule has 4 rings (SSSR count). The molecule has 34 heavy (non-hydrogen) atoms. The molecule has 0 nitrogen and oxygen atoms in total. The van der Waals surface area contributed by atoms with Crippen molar-refractivity contribution in [2.24, 2.45) is 5.92 Å². The van der Waals surface area contributed by atoms with E-state index in [-0.39, 0.29) is 0 Å². The van der Waals surface area contributed by atoms with E-state index in [0.717, 1.165) is 40.3 Å². The van der Waals surface area contributed by atoms with Crippen LogP contribution in [0.5, 0.6) is 0 Å². The van der Waals surface area contributed by atoms with E-state index < -0.39 is 20.5 Å². The first kappa shape index (κ1) is 24.8. The highest BCUT2D eigenvalue weighted by molar-refractivity contribution is 6.59. The molecule has 180 valence electrons. The molecule has 0 bridgehead atoms. The molecule has 0 saturated carbocycles. The van der Waals surface area contributed by atoms with Crippen molar-refractivity contribution in [3.05, 3.63) is 83.9 Å². The monoisotopic (exact) mass is 480 g/mol. The highest BCUT2D eigenvalue weighted by Crippen LogP contribution is 2.38. The van der Waals surface area contributed by atoms with E-state index in [0.29, 0.717) is 5.92 Å². The number of benzene rings is 3. The summed E-state index contributed by atoms with van der Waals surface area (Å²) in [6, 6.07) is 26.8. The van der Waals surface area contributed by atoms with Crippen LogP contribution in [0.4, 0.5) is 13.2 Å². The van der Waals surface area contributed by atoms with Crippen molar-refractivity contribution in [1.29, 1.82) is 0 Å². The Bertz CT molecular complexity index is 1040. The highest BCUT2D eigenvalue weighted by atomic mass is 28.3. The van der Waals surface area contributed by atoms with Crippen molar-refractivity contribution in [2.45, 2.75) is 69.8 Å². The lowest BCUT2D eigenvalue weighted by atomic mass is 9.90. The molecule has 0 radical (unpaired) electrons. The van der Waals surface area contributed by atoms with Gasteiger partial charge in [-0.2, -0.15) is 13.2 Å². The van der Waals surface area contributed by atoms with Crippen LogP contribution in [0, 0.1) is 5.92 Å². The fraction of sp³-hybridized carbons (Fsp3) is 0.400. The molecule has 4 heteroatoms. The third-order valence-electron chi connectivity index (χ3n) is 7.38. The van der Waals surface area contributed by atoms with Crippen LogP contribution in [0.15, 0.2) is 72.8 Å². The van der Waals surface area contributed by atoms with Crippen LogP contribution in [-0.4, -0.2) is 8.80 Å². The van der Waals surface area contributed by atoms with Gasteiger partial charge < -0.3 is 0 Å². The van der Waals surface area contributed by atoms with Crippen LogP contribution in [0.25, 0.3) is 22.3 Å². The number of alkyl halides is 3. The molecule has 1 fully saturated rings. The minimum Gasteiger partial charge on any atom is -0.166 e. The summed E-state index contributed by atoms with van der Waals surface area (Å²) in [5.74, 6) is 1.50. The average Bonchev–Trinajstić information content (AvgIpc) is 2.84. The molecule has 3 aromatic carbocycles. The summed E-state index contributed by atoms with van der Waals surface area (Å²) in [4.78, 5) is 0. The quantitative estimate of drug-likeness (QED) is 0.295. The summed E-state index contributed by atoms with van der Waals surface area (Å²) >= 11 is 0. The SMILES string of the molecule is CC(C)CCC[SiH]1CCC(c2ccc(-c3ccccc3-c3ccc(C(F)(F)F)cc3)cc2)CC1. The first-order valence-electron chi connectivity index (χ1n) is 12.7. The third-order valence-corrected chi connectivity index (χ3v) is 10.9. The number of hydrogen-bond donors (Lipinski definition) is 0. The first-order valence-corrected chi connectivity index (χ1v) is 15.1. The summed E-state index contributed by atoms with van der Waals surface area (Å²) in [7, 11) is -0.533. The van der Waals surface area contributed by atoms with Gasteiger partial charge in [-0.05, 0) is 64.6 Å². The second kappa shape index (κ2) is 10.9. The molecule has 1 aliphatic heterocycles. The summed E-state index contributed by atoms with van der Waals surface area (Å²) in [6.07, 6.45) is 1.15. The molecule has 0 atom stereocenters. The Labute approximate surface area is 203 Å². The Morgan fingerprint density at radius 2 is 1.32 bits per heavy atom. The maximum Gasteiger partial charge on any atom is 0.416 e. The molecular formula is C30H35F3Si. The van der Waals surface area contributed by atoms with E-state index >= 15 is 0 Å². The summed E-state index contributed by atoms with van der Waals surface area (Å²) < 4.78 is 38.9. The largest absolute Gasteiger partial charge is 0.416 e. The van der Waals surface area contributed by atoms with Gasteiger partial charge in [0, 0.05) is 8.80 Å². The van der Waals surface area contributed by atoms with Crippen LogP contribution >= 0.6 is 0 Å². The number of halogens is 3. The van der Waals surface area contributed by atoms with Crippen LogP contribution in [-0.2, 0) is 6.18 Å². The fourth-order valence-corrected chi connectivity index (χ4v) is 8.79. The van der Waals surface area contributed by atoms with Gasteiger partial charge in [-0.25, -0.2) is 0 Å². The minimum absolute atomic E-state index is 0.533. The highest BCUT2D eigenvalue weighted by Gasteiger charge is 2.30. The van der Waals surface area contributed by atoms with Crippen LogP contribution in [0.2, 0.25) is 18.1 Å². The van der Waals surface area contributed by atoms with E-state index in [4.69, 9.17) is 0 Å². The predicted molar refractivity (Wildman–Crippen MR) is 140 cm³/mol. The summed E-state index contributed by atoms with van der Waals surface area (Å²) in [5, 5.41) is 0. The molecule has 1 heterocycles. The third kappa shape index (κ3) is 6.21. The lowest BCUT2D eigenvalue weighted by Gasteiger charge is -2.28. The number of rotatable bonds is 7. The van der Waals surface area contributed by atoms with Crippen molar-refractivity contribution >= 4 is 8.80 Å². The molecule has 3 aromatic rings. The zero-order valence-corrected chi connectivity index (χ0v) is 21.4. The number of hydrogen-bond acceptors (Lipinski definition) is 0. The molecule has 0 aromatic heterocycles. The maximum atomic E-state index is 13.0. The van der Waals surface area contributed by atoms with Gasteiger partial charge in [-0.1, -0.05) is 105 Å². The zero-order valence-electron chi connectivity index (χ0n) is 20.2. The Morgan fingerprint density at radius 3 is 1.82 bits per heavy atom. The molecular weight excluding hydrogens is 445 g/mol. The summed E-state index contributed by atoms with van der Waals surface area (Å²) in [6.45, 7) is 4.65. The van der Waals surface area contributed by atoms with Gasteiger partial charge in [0.25, 0.3) is 0 Å². The van der Waals surface area contributed by atoms with Crippen molar-refractivity contribution in [3.8, 4) is 22.3 Å². The summed E-state index contributed by atoms with van der Waals surface area (Å²) in [5.41, 5.74) is 4.73. The van der Waals surface area contributed by atoms with Gasteiger partial charge in [0.05, 0.1) is 5.56 Å². The molecule has 0 N–H and O–H groups in total. The van der Waals surface area contributed by atoms with E-state index in [1.54, 1.807) is 12.1 Å². The van der Waals surface area contributed by atoms with E-state index in [1.807, 2.05) is 18.2 Å². The van der Waals surface area contributed by atoms with Crippen LogP contribution < -0.4 is 0 Å². The van der Waals surface area contributed by atoms with E-state index in [2.05, 4.69) is 44.2 Å². The zero-order chi connectivity index (χ0) is 24.1. The molecule has 0 unspecified atom stereocenters. The average molecular weight is 481 g/mol. The Hall–Kier alpha value is -2.33. The lowest BCUT2D eigenvalue weighted by Crippen LogP contribution is -2.20. The van der Waals surface area contributed by atoms with Crippen LogP contribution in [0.1, 0.15) is 56.6 Å². The minimum atomic E-state index is -4.32. The van der Waals surface area contributed by atoms with Gasteiger partial charge in [-0.3, -0.25) is 0 Å². The standard InChI is InChI=1S/C30H35F3Si/c1-22(2)6-5-19-34-20-17-24(18-21-34)23-9-11-25(12-10-23)28-7-3-4-8-29(28)26-13-15-27(16-14-26)30(31,32)33/h3-4,7-16,22,24,34H,5-6,17-21H2,1-2H3. The lowest BCUT2D eigenvalue weighted by molar-refractivity contribution is -0.137. The fourth-order valence-electron chi connectivity index (χ4n) is 5.36. The van der Waals surface area contributed by atoms with Gasteiger partial charge >= 0.3 is 6.18 Å². The van der Waals surface area contributed by atoms with Crippen molar-refractivity contribution < 1.29 is 13.2 Å². The Kier molecular flexibility index (Phi) is 7.97. The van der Waals surface area contributed by atoms with E-state index in [9.17, 15) is 13.2 Å². The van der Waals surface area contributed by atoms with Gasteiger partial charge in [-0.15, -0.1) is 0 Å². The van der Waals surface area contributed by atoms with E-state index in [1.165, 1.54) is 49.4 Å². The molecule has 0 aliphatic carbocycles. The topological polar surface area (TPSA) is 0 Å². The van der Waals surface area contributed by atoms with Crippen molar-refractivity contribution in [2.75, 3.05) is 0 Å². The normalized spacial score (nSPS) is 18.9. The van der Waals surface area contributed by atoms with Crippen molar-refractivity contribution in [3.63, 3.8) is 0 Å². The Morgan fingerprint density at radius 1 is 0.794 bits per heavy atom. The van der Waals surface area contributed by atoms with Crippen LogP contribution in [0.3, 0.4) is 0 Å². The first-order chi connectivity index (χ1) is 16.3. The smallest absolute Gasteiger partial charge is 0.166 e. The second-order valence-corrected chi connectivity index (χ2v) is 13.7. The molecule has 0 spiro atoms. The second-order valence-electron chi connectivity index (χ2n) is 10.3. The van der Waals surface area contributed by atoms with Crippen molar-refractivity contribution in [1.82, 2.24) is 0 Å². The molecule has 0 amide bonds. The van der Waals surface area contributed by atoms with Gasteiger partial charge in [0.2, 0.25) is 0 Å². The Balaban J connectivity index is 1.44. The molecule has 1 saturated heterocycles. The van der Waals surface area contributed by atoms with Gasteiger partial charge in [0.15, 0.2) is 0 Å². The molecule has 1 aliphatic rings.